The Hall–Kier alpha value is -1.93. The Morgan fingerprint density at radius 1 is 1.48 bits per heavy atom. The van der Waals surface area contributed by atoms with Crippen molar-refractivity contribution < 1.29 is 19.4 Å². The fraction of sp³-hybridized carbons (Fsp3) is 0.615. The summed E-state index contributed by atoms with van der Waals surface area (Å²) in [6.07, 6.45) is 1.20. The molecule has 2 heterocycles. The maximum Gasteiger partial charge on any atom is 0.354 e. The van der Waals surface area contributed by atoms with Crippen molar-refractivity contribution in [3.05, 3.63) is 17.7 Å². The Balaban J connectivity index is 1.96. The molecule has 8 heteroatoms. The minimum Gasteiger partial charge on any atom is -0.477 e. The highest BCUT2D eigenvalue weighted by molar-refractivity contribution is 6.02. The van der Waals surface area contributed by atoms with Crippen molar-refractivity contribution in [3.63, 3.8) is 0 Å². The zero-order valence-electron chi connectivity index (χ0n) is 12.2. The van der Waals surface area contributed by atoms with Crippen LogP contribution in [0.15, 0.2) is 6.33 Å². The van der Waals surface area contributed by atoms with Gasteiger partial charge in [0.25, 0.3) is 5.91 Å². The third kappa shape index (κ3) is 3.59. The van der Waals surface area contributed by atoms with Crippen LogP contribution in [0.4, 0.5) is 0 Å². The zero-order chi connectivity index (χ0) is 15.5. The molecule has 0 spiro atoms. The number of carbonyl (C=O) groups is 2. The SMILES string of the molecule is CC(C)(CNC(=O)c1nc[nH]c1C(=O)O)N1CCOCC1. The van der Waals surface area contributed by atoms with Crippen LogP contribution in [-0.4, -0.2) is 70.2 Å². The molecule has 0 saturated carbocycles. The van der Waals surface area contributed by atoms with Gasteiger partial charge in [0.15, 0.2) is 11.4 Å². The molecule has 116 valence electrons. The molecule has 0 aliphatic carbocycles. The first-order chi connectivity index (χ1) is 9.92. The predicted molar refractivity (Wildman–Crippen MR) is 74.4 cm³/mol. The molecule has 21 heavy (non-hydrogen) atoms. The number of hydrogen-bond donors (Lipinski definition) is 3. The van der Waals surface area contributed by atoms with Crippen molar-refractivity contribution in [2.24, 2.45) is 0 Å². The summed E-state index contributed by atoms with van der Waals surface area (Å²) in [5, 5.41) is 11.7. The van der Waals surface area contributed by atoms with Crippen LogP contribution in [-0.2, 0) is 4.74 Å². The van der Waals surface area contributed by atoms with Gasteiger partial charge in [0.2, 0.25) is 0 Å². The molecular weight excluding hydrogens is 276 g/mol. The maximum absolute atomic E-state index is 12.1. The van der Waals surface area contributed by atoms with E-state index in [4.69, 9.17) is 9.84 Å². The highest BCUT2D eigenvalue weighted by atomic mass is 16.5. The van der Waals surface area contributed by atoms with Gasteiger partial charge in [-0.25, -0.2) is 9.78 Å². The first-order valence-electron chi connectivity index (χ1n) is 6.79. The van der Waals surface area contributed by atoms with Crippen LogP contribution in [0.25, 0.3) is 0 Å². The highest BCUT2D eigenvalue weighted by Gasteiger charge is 2.29. The van der Waals surface area contributed by atoms with Gasteiger partial charge in [0.1, 0.15) is 0 Å². The van der Waals surface area contributed by atoms with Crippen LogP contribution in [0, 0.1) is 0 Å². The number of morpholine rings is 1. The second-order valence-electron chi connectivity index (χ2n) is 5.53. The lowest BCUT2D eigenvalue weighted by Gasteiger charge is -2.40. The number of aromatic nitrogens is 2. The Labute approximate surface area is 122 Å². The van der Waals surface area contributed by atoms with Crippen molar-refractivity contribution in [1.82, 2.24) is 20.2 Å². The second kappa shape index (κ2) is 6.23. The summed E-state index contributed by atoms with van der Waals surface area (Å²) in [6.45, 7) is 7.44. The summed E-state index contributed by atoms with van der Waals surface area (Å²) in [4.78, 5) is 31.5. The second-order valence-corrected chi connectivity index (χ2v) is 5.53. The number of rotatable bonds is 5. The summed E-state index contributed by atoms with van der Waals surface area (Å²) >= 11 is 0. The average molecular weight is 296 g/mol. The molecule has 1 aromatic rings. The Kier molecular flexibility index (Phi) is 4.59. The number of carboxylic acid groups (broad SMARTS) is 1. The molecule has 1 aromatic heterocycles. The topological polar surface area (TPSA) is 108 Å². The average Bonchev–Trinajstić information content (AvgIpc) is 2.95. The molecule has 0 atom stereocenters. The summed E-state index contributed by atoms with van der Waals surface area (Å²) in [6, 6.07) is 0. The number of carbonyl (C=O) groups excluding carboxylic acids is 1. The lowest BCUT2D eigenvalue weighted by molar-refractivity contribution is -0.00925. The van der Waals surface area contributed by atoms with Crippen LogP contribution < -0.4 is 5.32 Å². The molecule has 0 radical (unpaired) electrons. The lowest BCUT2D eigenvalue weighted by Crippen LogP contribution is -2.55. The molecule has 1 fully saturated rings. The zero-order valence-corrected chi connectivity index (χ0v) is 12.2. The number of aromatic carboxylic acids is 1. The number of aromatic amines is 1. The summed E-state index contributed by atoms with van der Waals surface area (Å²) < 4.78 is 5.31. The first kappa shape index (κ1) is 15.5. The standard InChI is InChI=1S/C13H20N4O4/c1-13(2,17-3-5-21-6-4-17)7-14-11(18)9-10(12(19)20)16-8-15-9/h8H,3-7H2,1-2H3,(H,14,18)(H,15,16)(H,19,20). The van der Waals surface area contributed by atoms with Gasteiger partial charge in [-0.15, -0.1) is 0 Å². The van der Waals surface area contributed by atoms with Gasteiger partial charge in [-0.05, 0) is 13.8 Å². The largest absolute Gasteiger partial charge is 0.477 e. The normalized spacial score (nSPS) is 16.7. The van der Waals surface area contributed by atoms with Gasteiger partial charge in [0, 0.05) is 25.2 Å². The van der Waals surface area contributed by atoms with Crippen LogP contribution in [0.3, 0.4) is 0 Å². The molecule has 1 aliphatic rings. The van der Waals surface area contributed by atoms with Crippen molar-refractivity contribution in [1.29, 1.82) is 0 Å². The fourth-order valence-electron chi connectivity index (χ4n) is 2.29. The smallest absolute Gasteiger partial charge is 0.354 e. The Morgan fingerprint density at radius 2 is 2.14 bits per heavy atom. The number of hydrogen-bond acceptors (Lipinski definition) is 5. The van der Waals surface area contributed by atoms with E-state index >= 15 is 0 Å². The van der Waals surface area contributed by atoms with E-state index in [0.717, 1.165) is 13.1 Å². The van der Waals surface area contributed by atoms with E-state index in [0.29, 0.717) is 19.8 Å². The van der Waals surface area contributed by atoms with E-state index in [1.807, 2.05) is 13.8 Å². The number of nitrogens with one attached hydrogen (secondary N) is 2. The van der Waals surface area contributed by atoms with Gasteiger partial charge in [-0.2, -0.15) is 0 Å². The van der Waals surface area contributed by atoms with Gasteiger partial charge < -0.3 is 20.1 Å². The van der Waals surface area contributed by atoms with Crippen LogP contribution in [0.1, 0.15) is 34.8 Å². The fourth-order valence-corrected chi connectivity index (χ4v) is 2.29. The molecule has 0 unspecified atom stereocenters. The lowest BCUT2D eigenvalue weighted by atomic mass is 10.0. The summed E-state index contributed by atoms with van der Waals surface area (Å²) in [7, 11) is 0. The predicted octanol–water partition coefficient (Wildman–Crippen LogP) is -0.0515. The van der Waals surface area contributed by atoms with Crippen molar-refractivity contribution in [2.75, 3.05) is 32.8 Å². The molecule has 0 bridgehead atoms. The molecular formula is C13H20N4O4. The van der Waals surface area contributed by atoms with E-state index in [1.54, 1.807) is 0 Å². The molecule has 0 aromatic carbocycles. The third-order valence-electron chi connectivity index (χ3n) is 3.62. The van der Waals surface area contributed by atoms with E-state index in [-0.39, 0.29) is 16.9 Å². The van der Waals surface area contributed by atoms with Crippen molar-refractivity contribution in [3.8, 4) is 0 Å². The third-order valence-corrected chi connectivity index (χ3v) is 3.62. The Bertz CT molecular complexity index is 520. The van der Waals surface area contributed by atoms with Crippen molar-refractivity contribution in [2.45, 2.75) is 19.4 Å². The van der Waals surface area contributed by atoms with E-state index in [9.17, 15) is 9.59 Å². The van der Waals surface area contributed by atoms with Gasteiger partial charge >= 0.3 is 5.97 Å². The minimum absolute atomic E-state index is 0.0970. The molecule has 1 saturated heterocycles. The van der Waals surface area contributed by atoms with Crippen LogP contribution in [0.5, 0.6) is 0 Å². The first-order valence-corrected chi connectivity index (χ1v) is 6.79. The van der Waals surface area contributed by atoms with Gasteiger partial charge in [0.05, 0.1) is 19.5 Å². The summed E-state index contributed by atoms with van der Waals surface area (Å²) in [5.74, 6) is -1.69. The van der Waals surface area contributed by atoms with Crippen LogP contribution >= 0.6 is 0 Å². The number of H-pyrrole nitrogens is 1. The highest BCUT2D eigenvalue weighted by Crippen LogP contribution is 2.15. The molecule has 2 rings (SSSR count). The quantitative estimate of drug-likeness (QED) is 0.703. The van der Waals surface area contributed by atoms with Crippen LogP contribution in [0.2, 0.25) is 0 Å². The Morgan fingerprint density at radius 3 is 2.76 bits per heavy atom. The number of carboxylic acids is 1. The van der Waals surface area contributed by atoms with E-state index in [2.05, 4.69) is 20.2 Å². The summed E-state index contributed by atoms with van der Waals surface area (Å²) in [5.41, 5.74) is -0.531. The molecule has 1 amide bonds. The van der Waals surface area contributed by atoms with E-state index in [1.165, 1.54) is 6.33 Å². The molecule has 8 nitrogen and oxygen atoms in total. The molecule has 1 aliphatic heterocycles. The number of imidazole rings is 1. The van der Waals surface area contributed by atoms with E-state index < -0.39 is 11.9 Å². The molecule has 3 N–H and O–H groups in total. The van der Waals surface area contributed by atoms with Gasteiger partial charge in [-0.3, -0.25) is 9.69 Å². The monoisotopic (exact) mass is 296 g/mol. The maximum atomic E-state index is 12.1. The number of amides is 1. The number of ether oxygens (including phenoxy) is 1. The minimum atomic E-state index is -1.20. The number of nitrogens with zero attached hydrogens (tertiary/aromatic N) is 2. The van der Waals surface area contributed by atoms with Crippen molar-refractivity contribution >= 4 is 11.9 Å². The van der Waals surface area contributed by atoms with Gasteiger partial charge in [-0.1, -0.05) is 0 Å².